The molecule has 20 heavy (non-hydrogen) atoms. The number of nitrogens with zero attached hydrogens (tertiary/aromatic N) is 1. The lowest BCUT2D eigenvalue weighted by molar-refractivity contribution is -0.136. The van der Waals surface area contributed by atoms with Gasteiger partial charge in [0.15, 0.2) is 0 Å². The zero-order valence-corrected chi connectivity index (χ0v) is 10.8. The fourth-order valence-electron chi connectivity index (χ4n) is 2.30. The van der Waals surface area contributed by atoms with Gasteiger partial charge in [0.2, 0.25) is 11.8 Å². The zero-order chi connectivity index (χ0) is 14.7. The first-order chi connectivity index (χ1) is 9.50. The van der Waals surface area contributed by atoms with Crippen molar-refractivity contribution in [1.82, 2.24) is 4.90 Å². The fourth-order valence-corrected chi connectivity index (χ4v) is 2.30. The van der Waals surface area contributed by atoms with Gasteiger partial charge in [0.25, 0.3) is 0 Å². The van der Waals surface area contributed by atoms with Crippen LogP contribution in [0.15, 0.2) is 30.3 Å². The highest BCUT2D eigenvalue weighted by Gasteiger charge is 2.45. The van der Waals surface area contributed by atoms with Gasteiger partial charge in [-0.2, -0.15) is 0 Å². The number of aliphatic hydroxyl groups is 2. The van der Waals surface area contributed by atoms with Gasteiger partial charge in [0.1, 0.15) is 12.1 Å². The first-order valence-corrected chi connectivity index (χ1v) is 6.34. The van der Waals surface area contributed by atoms with Crippen LogP contribution >= 0.6 is 0 Å². The zero-order valence-electron chi connectivity index (χ0n) is 10.8. The van der Waals surface area contributed by atoms with Crippen LogP contribution in [0.4, 0.5) is 0 Å². The quantitative estimate of drug-likeness (QED) is 0.646. The third-order valence-electron chi connectivity index (χ3n) is 3.37. The number of β-amino-alcohol motifs (C(OH)–C–C–N with tert-alkyl or cyclic N) is 1. The van der Waals surface area contributed by atoms with Crippen molar-refractivity contribution in [1.29, 1.82) is 0 Å². The van der Waals surface area contributed by atoms with Gasteiger partial charge in [-0.3, -0.25) is 9.59 Å². The number of hydrogen-bond acceptors (Lipinski definition) is 4. The van der Waals surface area contributed by atoms with E-state index in [-0.39, 0.29) is 6.54 Å². The summed E-state index contributed by atoms with van der Waals surface area (Å²) in [6.45, 7) is -0.0983. The highest BCUT2D eigenvalue weighted by molar-refractivity contribution is 5.92. The molecule has 1 aliphatic heterocycles. The lowest BCUT2D eigenvalue weighted by atomic mass is 10.1. The molecule has 6 heteroatoms. The van der Waals surface area contributed by atoms with Gasteiger partial charge in [0, 0.05) is 0 Å². The summed E-state index contributed by atoms with van der Waals surface area (Å²) in [6, 6.07) is 8.18. The Labute approximate surface area is 116 Å². The number of carbonyl (C=O) groups excluding carboxylic acids is 2. The summed E-state index contributed by atoms with van der Waals surface area (Å²) in [5.74, 6) is -1.25. The SMILES string of the molecule is NC(=O)C1[C@H](O)[C@H](O)CN1C(=O)[CH]Cc1ccccc1. The molecule has 4 N–H and O–H groups in total. The number of nitrogens with two attached hydrogens (primary N) is 1. The summed E-state index contributed by atoms with van der Waals surface area (Å²) >= 11 is 0. The van der Waals surface area contributed by atoms with Gasteiger partial charge in [0.05, 0.1) is 19.1 Å². The number of likely N-dealkylation sites (tertiary alicyclic amines) is 1. The van der Waals surface area contributed by atoms with Crippen LogP contribution in [0.3, 0.4) is 0 Å². The number of benzene rings is 1. The van der Waals surface area contributed by atoms with Crippen LogP contribution < -0.4 is 5.73 Å². The van der Waals surface area contributed by atoms with Gasteiger partial charge >= 0.3 is 0 Å². The Morgan fingerprint density at radius 3 is 2.55 bits per heavy atom. The predicted molar refractivity (Wildman–Crippen MR) is 71.2 cm³/mol. The van der Waals surface area contributed by atoms with Gasteiger partial charge < -0.3 is 20.8 Å². The Bertz CT molecular complexity index is 491. The van der Waals surface area contributed by atoms with Crippen LogP contribution in [-0.4, -0.2) is 51.7 Å². The predicted octanol–water partition coefficient (Wildman–Crippen LogP) is -1.15. The van der Waals surface area contributed by atoms with Crippen molar-refractivity contribution in [2.75, 3.05) is 6.54 Å². The Morgan fingerprint density at radius 2 is 1.95 bits per heavy atom. The first-order valence-electron chi connectivity index (χ1n) is 6.34. The summed E-state index contributed by atoms with van der Waals surface area (Å²) in [6.07, 6.45) is -0.660. The van der Waals surface area contributed by atoms with Gasteiger partial charge in [-0.1, -0.05) is 30.3 Å². The standard InChI is InChI=1S/C14H17N2O4/c15-14(20)12-13(19)10(17)8-16(12)11(18)7-6-9-4-2-1-3-5-9/h1-5,7,10,12-13,17,19H,6,8H2,(H2,15,20)/t10-,12?,13-/m1/s1. The average Bonchev–Trinajstić information content (AvgIpc) is 2.73. The minimum absolute atomic E-state index is 0.0983. The van der Waals surface area contributed by atoms with Crippen molar-refractivity contribution in [3.8, 4) is 0 Å². The van der Waals surface area contributed by atoms with Gasteiger partial charge in [-0.25, -0.2) is 0 Å². The molecule has 1 aromatic carbocycles. The van der Waals surface area contributed by atoms with Crippen LogP contribution in [-0.2, 0) is 16.0 Å². The summed E-state index contributed by atoms with van der Waals surface area (Å²) in [4.78, 5) is 24.5. The second-order valence-corrected chi connectivity index (χ2v) is 4.79. The smallest absolute Gasteiger partial charge is 0.243 e. The highest BCUT2D eigenvalue weighted by Crippen LogP contribution is 2.20. The van der Waals surface area contributed by atoms with E-state index in [9.17, 15) is 19.8 Å². The van der Waals surface area contributed by atoms with Gasteiger partial charge in [-0.15, -0.1) is 0 Å². The Kier molecular flexibility index (Phi) is 4.36. The molecule has 1 aliphatic rings. The van der Waals surface area contributed by atoms with E-state index in [1.165, 1.54) is 6.42 Å². The molecule has 1 radical (unpaired) electrons. The van der Waals surface area contributed by atoms with E-state index in [4.69, 9.17) is 5.73 Å². The number of rotatable bonds is 4. The molecule has 1 unspecified atom stereocenters. The van der Waals surface area contributed by atoms with Crippen molar-refractivity contribution < 1.29 is 19.8 Å². The first kappa shape index (κ1) is 14.5. The molecule has 0 spiro atoms. The Morgan fingerprint density at radius 1 is 1.30 bits per heavy atom. The van der Waals surface area contributed by atoms with E-state index in [1.807, 2.05) is 30.3 Å². The van der Waals surface area contributed by atoms with Crippen molar-refractivity contribution in [3.63, 3.8) is 0 Å². The Hall–Kier alpha value is -1.92. The van der Waals surface area contributed by atoms with Crippen molar-refractivity contribution in [2.45, 2.75) is 24.7 Å². The molecule has 3 atom stereocenters. The van der Waals surface area contributed by atoms with Crippen molar-refractivity contribution in [3.05, 3.63) is 42.3 Å². The molecule has 0 bridgehead atoms. The maximum Gasteiger partial charge on any atom is 0.243 e. The number of aliphatic hydroxyl groups excluding tert-OH is 2. The van der Waals surface area contributed by atoms with Crippen molar-refractivity contribution in [2.24, 2.45) is 5.73 Å². The second kappa shape index (κ2) is 6.02. The van der Waals surface area contributed by atoms with E-state index in [0.29, 0.717) is 6.42 Å². The molecule has 107 valence electrons. The summed E-state index contributed by atoms with van der Waals surface area (Å²) in [5.41, 5.74) is 6.12. The molecular weight excluding hydrogens is 260 g/mol. The lowest BCUT2D eigenvalue weighted by Gasteiger charge is -2.22. The number of amides is 2. The average molecular weight is 277 g/mol. The topological polar surface area (TPSA) is 104 Å². The summed E-state index contributed by atoms with van der Waals surface area (Å²) in [5, 5.41) is 19.2. The molecule has 1 saturated heterocycles. The highest BCUT2D eigenvalue weighted by atomic mass is 16.3. The molecule has 1 heterocycles. The Balaban J connectivity index is 1.99. The lowest BCUT2D eigenvalue weighted by Crippen LogP contribution is -2.48. The third kappa shape index (κ3) is 2.97. The van der Waals surface area contributed by atoms with Crippen LogP contribution in [0, 0.1) is 6.42 Å². The largest absolute Gasteiger partial charge is 0.388 e. The number of carbonyl (C=O) groups is 2. The number of hydrogen-bond donors (Lipinski definition) is 3. The second-order valence-electron chi connectivity index (χ2n) is 4.79. The molecular formula is C14H17N2O4. The normalized spacial score (nSPS) is 25.7. The molecule has 1 fully saturated rings. The van der Waals surface area contributed by atoms with Crippen LogP contribution in [0.1, 0.15) is 5.56 Å². The molecule has 2 amide bonds. The van der Waals surface area contributed by atoms with E-state index in [0.717, 1.165) is 10.5 Å². The number of primary amides is 1. The monoisotopic (exact) mass is 277 g/mol. The maximum absolute atomic E-state index is 12.1. The molecule has 0 saturated carbocycles. The fraction of sp³-hybridized carbons (Fsp3) is 0.357. The minimum atomic E-state index is -1.33. The summed E-state index contributed by atoms with van der Waals surface area (Å²) < 4.78 is 0. The molecule has 6 nitrogen and oxygen atoms in total. The van der Waals surface area contributed by atoms with E-state index in [2.05, 4.69) is 0 Å². The molecule has 1 aromatic rings. The van der Waals surface area contributed by atoms with E-state index >= 15 is 0 Å². The van der Waals surface area contributed by atoms with Gasteiger partial charge in [-0.05, 0) is 12.0 Å². The van der Waals surface area contributed by atoms with E-state index in [1.54, 1.807) is 0 Å². The molecule has 2 rings (SSSR count). The van der Waals surface area contributed by atoms with Crippen LogP contribution in [0.5, 0.6) is 0 Å². The molecule has 0 aromatic heterocycles. The third-order valence-corrected chi connectivity index (χ3v) is 3.37. The summed E-state index contributed by atoms with van der Waals surface area (Å²) in [7, 11) is 0. The molecule has 0 aliphatic carbocycles. The minimum Gasteiger partial charge on any atom is -0.388 e. The van der Waals surface area contributed by atoms with E-state index < -0.39 is 30.1 Å². The van der Waals surface area contributed by atoms with Crippen LogP contribution in [0.25, 0.3) is 0 Å². The van der Waals surface area contributed by atoms with Crippen LogP contribution in [0.2, 0.25) is 0 Å². The maximum atomic E-state index is 12.1. The van der Waals surface area contributed by atoms with Crippen molar-refractivity contribution >= 4 is 11.8 Å².